The van der Waals surface area contributed by atoms with Crippen LogP contribution in [0.3, 0.4) is 0 Å². The number of benzene rings is 1. The van der Waals surface area contributed by atoms with Crippen LogP contribution in [0.5, 0.6) is 0 Å². The van der Waals surface area contributed by atoms with Crippen molar-refractivity contribution in [2.24, 2.45) is 0 Å². The molecule has 7 nitrogen and oxygen atoms in total. The Balaban J connectivity index is 2.42. The van der Waals surface area contributed by atoms with E-state index in [-0.39, 0.29) is 12.3 Å². The van der Waals surface area contributed by atoms with Gasteiger partial charge in [0.15, 0.2) is 0 Å². The van der Waals surface area contributed by atoms with Crippen LogP contribution >= 0.6 is 28.4 Å². The first-order valence-electron chi connectivity index (χ1n) is 9.46. The van der Waals surface area contributed by atoms with Crippen molar-refractivity contribution in [3.8, 4) is 0 Å². The number of ether oxygens (including phenoxy) is 1. The number of hydrogen-bond donors (Lipinski definition) is 4. The largest absolute Gasteiger partial charge is 0.444 e. The summed E-state index contributed by atoms with van der Waals surface area (Å²) in [5.74, 6) is -2.50. The second-order valence-corrected chi connectivity index (χ2v) is 11.2. The summed E-state index contributed by atoms with van der Waals surface area (Å²) in [6.07, 6.45) is 1.55. The van der Waals surface area contributed by atoms with Crippen molar-refractivity contribution in [3.63, 3.8) is 0 Å². The summed E-state index contributed by atoms with van der Waals surface area (Å²) in [5, 5.41) is 31.8. The first kappa shape index (κ1) is 24.4. The van der Waals surface area contributed by atoms with Gasteiger partial charge in [-0.3, -0.25) is 4.90 Å². The molecule has 0 aliphatic carbocycles. The molecule has 1 aromatic carbocycles. The van der Waals surface area contributed by atoms with Crippen molar-refractivity contribution in [2.45, 2.75) is 63.3 Å². The van der Waals surface area contributed by atoms with Crippen molar-refractivity contribution < 1.29 is 19.7 Å². The lowest BCUT2D eigenvalue weighted by molar-refractivity contribution is -0.279. The van der Waals surface area contributed by atoms with E-state index in [0.717, 1.165) is 27.3 Å². The minimum atomic E-state index is -2.33. The Morgan fingerprint density at radius 3 is 2.52 bits per heavy atom. The van der Waals surface area contributed by atoms with E-state index in [1.807, 2.05) is 34.7 Å². The maximum Gasteiger partial charge on any atom is 0.413 e. The minimum absolute atomic E-state index is 0.0214. The molecule has 1 aromatic rings. The Hall–Kier alpha value is -0.830. The predicted octanol–water partition coefficient (Wildman–Crippen LogP) is 2.02. The standard InChI is InChI=1S/C18H29B2IN3O4P/c1-10-5-11(9-22)14(23-29-21)6-13(10)12-7-17(19,20)24(18(26,27)8-12)15(25)28-16(2,3)4/h5-6,9,12,22-23,26-27,29H,7-8,19-20H2,1-4H3. The molecule has 0 aromatic heterocycles. The summed E-state index contributed by atoms with van der Waals surface area (Å²) < 4.78 is 5.43. The Morgan fingerprint density at radius 1 is 1.41 bits per heavy atom. The summed E-state index contributed by atoms with van der Waals surface area (Å²) in [5.41, 5.74) is 2.87. The Morgan fingerprint density at radius 2 is 2.03 bits per heavy atom. The molecule has 1 fully saturated rings. The van der Waals surface area contributed by atoms with Gasteiger partial charge in [0.1, 0.15) is 21.3 Å². The van der Waals surface area contributed by atoms with Gasteiger partial charge in [0, 0.05) is 30.3 Å². The number of hydrogen-bond acceptors (Lipinski definition) is 6. The van der Waals surface area contributed by atoms with Crippen molar-refractivity contribution in [1.29, 1.82) is 5.41 Å². The van der Waals surface area contributed by atoms with Crippen LogP contribution in [0.1, 0.15) is 56.2 Å². The lowest BCUT2D eigenvalue weighted by Gasteiger charge is -2.52. The zero-order chi connectivity index (χ0) is 22.2. The van der Waals surface area contributed by atoms with E-state index in [1.165, 1.54) is 6.21 Å². The van der Waals surface area contributed by atoms with E-state index in [0.29, 0.717) is 12.8 Å². The molecule has 2 atom stereocenters. The number of rotatable bonds is 4. The number of nitrogens with zero attached hydrogens (tertiary/aromatic N) is 1. The number of anilines is 1. The van der Waals surface area contributed by atoms with Crippen LogP contribution in [0.15, 0.2) is 12.1 Å². The number of amides is 1. The average molecular weight is 531 g/mol. The van der Waals surface area contributed by atoms with Crippen LogP contribution in [0.2, 0.25) is 0 Å². The number of nitrogens with one attached hydrogen (secondary N) is 2. The fourth-order valence-corrected chi connectivity index (χ4v) is 5.25. The Kier molecular flexibility index (Phi) is 7.36. The van der Waals surface area contributed by atoms with Gasteiger partial charge >= 0.3 is 6.09 Å². The quantitative estimate of drug-likeness (QED) is 0.157. The lowest BCUT2D eigenvalue weighted by atomic mass is 9.53. The van der Waals surface area contributed by atoms with Gasteiger partial charge in [-0.15, -0.1) is 0 Å². The average Bonchev–Trinajstić information content (AvgIpc) is 2.51. The molecule has 1 aliphatic heterocycles. The molecule has 1 amide bonds. The molecule has 1 heterocycles. The first-order valence-corrected chi connectivity index (χ1v) is 13.6. The Bertz CT molecular complexity index is 784. The van der Waals surface area contributed by atoms with Gasteiger partial charge < -0.3 is 25.4 Å². The van der Waals surface area contributed by atoms with Crippen LogP contribution in [0.4, 0.5) is 10.5 Å². The van der Waals surface area contributed by atoms with Gasteiger partial charge in [0.2, 0.25) is 0 Å². The number of aryl methyl sites for hydroxylation is 1. The van der Waals surface area contributed by atoms with E-state index in [1.54, 1.807) is 20.8 Å². The SMILES string of the molecule is BC1(B)CC(c2cc(NPI)c(C=N)cc2C)CC(O)(O)N1C(=O)OC(C)(C)C. The van der Waals surface area contributed by atoms with Crippen LogP contribution in [-0.4, -0.2) is 60.0 Å². The molecule has 1 aliphatic rings. The van der Waals surface area contributed by atoms with Gasteiger partial charge in [-0.2, -0.15) is 0 Å². The summed E-state index contributed by atoms with van der Waals surface area (Å²) in [7, 11) is 3.63. The van der Waals surface area contributed by atoms with Gasteiger partial charge in [-0.25, -0.2) is 4.79 Å². The molecule has 0 radical (unpaired) electrons. The summed E-state index contributed by atoms with van der Waals surface area (Å²) >= 11 is 2.23. The number of carbonyl (C=O) groups is 1. The fourth-order valence-electron chi connectivity index (χ4n) is 4.06. The smallest absolute Gasteiger partial charge is 0.413 e. The van der Waals surface area contributed by atoms with Crippen LogP contribution < -0.4 is 5.09 Å². The normalized spacial score (nSPS) is 21.2. The van der Waals surface area contributed by atoms with Gasteiger partial charge in [-0.1, -0.05) is 0 Å². The van der Waals surface area contributed by atoms with Crippen molar-refractivity contribution in [2.75, 3.05) is 5.09 Å². The molecular formula is C18H29B2IN3O4P. The number of carbonyl (C=O) groups excluding carboxylic acids is 1. The van der Waals surface area contributed by atoms with Gasteiger partial charge in [0.25, 0.3) is 5.91 Å². The molecule has 11 heteroatoms. The summed E-state index contributed by atoms with van der Waals surface area (Å²) in [6, 6.07) is 3.92. The molecule has 0 saturated carbocycles. The first-order chi connectivity index (χ1) is 13.2. The highest BCUT2D eigenvalue weighted by Crippen LogP contribution is 2.44. The highest BCUT2D eigenvalue weighted by molar-refractivity contribution is 14.2. The summed E-state index contributed by atoms with van der Waals surface area (Å²) in [4.78, 5) is 13.8. The molecule has 29 heavy (non-hydrogen) atoms. The molecule has 2 unspecified atom stereocenters. The predicted molar refractivity (Wildman–Crippen MR) is 132 cm³/mol. The van der Waals surface area contributed by atoms with Crippen LogP contribution in [-0.2, 0) is 4.74 Å². The second-order valence-electron chi connectivity index (χ2n) is 9.17. The highest BCUT2D eigenvalue weighted by atomic mass is 127. The fraction of sp³-hybridized carbons (Fsp3) is 0.556. The molecular weight excluding hydrogens is 502 g/mol. The van der Waals surface area contributed by atoms with Gasteiger partial charge in [0.05, 0.1) is 0 Å². The number of aliphatic hydroxyl groups is 2. The van der Waals surface area contributed by atoms with E-state index < -0.39 is 22.9 Å². The molecule has 0 spiro atoms. The maximum atomic E-state index is 12.7. The van der Waals surface area contributed by atoms with E-state index in [4.69, 9.17) is 10.1 Å². The minimum Gasteiger partial charge on any atom is -0.444 e. The second kappa shape index (κ2) is 8.73. The van der Waals surface area contributed by atoms with Gasteiger partial charge in [-0.05, 0) is 90.7 Å². The molecule has 4 N–H and O–H groups in total. The van der Waals surface area contributed by atoms with Crippen molar-refractivity contribution >= 4 is 62.1 Å². The Labute approximate surface area is 189 Å². The van der Waals surface area contributed by atoms with E-state index >= 15 is 0 Å². The molecule has 158 valence electrons. The summed E-state index contributed by atoms with van der Waals surface area (Å²) in [6.45, 7) is 7.20. The zero-order valence-electron chi connectivity index (χ0n) is 17.8. The van der Waals surface area contributed by atoms with E-state index in [2.05, 4.69) is 27.1 Å². The lowest BCUT2D eigenvalue weighted by Crippen LogP contribution is -2.68. The third-order valence-corrected chi connectivity index (χ3v) is 6.19. The van der Waals surface area contributed by atoms with Crippen LogP contribution in [0.25, 0.3) is 0 Å². The number of halogens is 1. The highest BCUT2D eigenvalue weighted by Gasteiger charge is 2.52. The molecule has 0 bridgehead atoms. The van der Waals surface area contributed by atoms with E-state index in [9.17, 15) is 15.0 Å². The van der Waals surface area contributed by atoms with Crippen LogP contribution in [0, 0.1) is 12.3 Å². The molecule has 1 saturated heterocycles. The number of likely N-dealkylation sites (tertiary alicyclic amines) is 1. The third-order valence-electron chi connectivity index (χ3n) is 5.02. The van der Waals surface area contributed by atoms with Crippen molar-refractivity contribution in [3.05, 3.63) is 28.8 Å². The zero-order valence-corrected chi connectivity index (χ0v) is 20.9. The topological polar surface area (TPSA) is 106 Å². The third kappa shape index (κ3) is 5.66. The molecule has 2 rings (SSSR count). The number of piperidine rings is 1. The maximum absolute atomic E-state index is 12.7. The van der Waals surface area contributed by atoms with Crippen molar-refractivity contribution in [1.82, 2.24) is 4.90 Å². The monoisotopic (exact) mass is 531 g/mol.